The van der Waals surface area contributed by atoms with Crippen LogP contribution in [0.1, 0.15) is 18.9 Å². The number of fused-ring (bicyclic) bond motifs is 1. The highest BCUT2D eigenvalue weighted by molar-refractivity contribution is 6.30. The molecule has 2 rings (SSSR count). The lowest BCUT2D eigenvalue weighted by atomic mass is 10.0. The second kappa shape index (κ2) is 5.46. The van der Waals surface area contributed by atoms with Gasteiger partial charge in [-0.3, -0.25) is 0 Å². The molecule has 1 atom stereocenters. The van der Waals surface area contributed by atoms with Gasteiger partial charge in [-0.15, -0.1) is 0 Å². The van der Waals surface area contributed by atoms with Crippen molar-refractivity contribution in [3.8, 4) is 0 Å². The van der Waals surface area contributed by atoms with E-state index in [4.69, 9.17) is 22.7 Å². The number of halogens is 1. The molecule has 0 spiro atoms. The van der Waals surface area contributed by atoms with Crippen LogP contribution in [0.15, 0.2) is 30.3 Å². The summed E-state index contributed by atoms with van der Waals surface area (Å²) in [7, 11) is 0. The fraction of sp³-hybridized carbons (Fsp3) is 0.286. The van der Waals surface area contributed by atoms with Gasteiger partial charge in [0.1, 0.15) is 5.15 Å². The third-order valence-corrected chi connectivity index (χ3v) is 3.05. The van der Waals surface area contributed by atoms with E-state index in [9.17, 15) is 0 Å². The first-order valence-electron chi connectivity index (χ1n) is 5.92. The fourth-order valence-electron chi connectivity index (χ4n) is 1.95. The Morgan fingerprint density at radius 2 is 2.17 bits per heavy atom. The number of hydrogen-bond acceptors (Lipinski definition) is 3. The predicted octanol–water partition coefficient (Wildman–Crippen LogP) is 3.19. The number of rotatable bonds is 4. The molecule has 1 aromatic heterocycles. The van der Waals surface area contributed by atoms with Crippen molar-refractivity contribution in [3.63, 3.8) is 0 Å². The number of para-hydroxylation sites is 1. The molecule has 1 heterocycles. The molecule has 0 aliphatic carbocycles. The SMILES string of the molecule is CC(N)CC(=N)Cc1cc2ccccc2nc1Cl. The Morgan fingerprint density at radius 3 is 2.89 bits per heavy atom. The van der Waals surface area contributed by atoms with Crippen molar-refractivity contribution in [2.45, 2.75) is 25.8 Å². The minimum atomic E-state index is 0.00434. The number of nitrogens with one attached hydrogen (secondary N) is 1. The summed E-state index contributed by atoms with van der Waals surface area (Å²) in [5.41, 5.74) is 8.04. The summed E-state index contributed by atoms with van der Waals surface area (Å²) in [6.07, 6.45) is 1.10. The number of hydrogen-bond donors (Lipinski definition) is 2. The quantitative estimate of drug-likeness (QED) is 0.656. The highest BCUT2D eigenvalue weighted by atomic mass is 35.5. The van der Waals surface area contributed by atoms with Gasteiger partial charge in [0.15, 0.2) is 0 Å². The van der Waals surface area contributed by atoms with Crippen molar-refractivity contribution < 1.29 is 0 Å². The summed E-state index contributed by atoms with van der Waals surface area (Å²) in [4.78, 5) is 4.35. The molecule has 1 aromatic carbocycles. The second-order valence-corrected chi connectivity index (χ2v) is 4.95. The molecule has 0 aliphatic rings. The molecule has 1 unspecified atom stereocenters. The predicted molar refractivity (Wildman–Crippen MR) is 76.5 cm³/mol. The fourth-order valence-corrected chi connectivity index (χ4v) is 2.16. The van der Waals surface area contributed by atoms with E-state index in [1.165, 1.54) is 0 Å². The van der Waals surface area contributed by atoms with Crippen LogP contribution in [0.5, 0.6) is 0 Å². The van der Waals surface area contributed by atoms with Crippen LogP contribution in [0.3, 0.4) is 0 Å². The van der Waals surface area contributed by atoms with Gasteiger partial charge in [0.05, 0.1) is 5.52 Å². The Morgan fingerprint density at radius 1 is 1.44 bits per heavy atom. The average molecular weight is 262 g/mol. The third-order valence-electron chi connectivity index (χ3n) is 2.72. The zero-order chi connectivity index (χ0) is 13.1. The summed E-state index contributed by atoms with van der Waals surface area (Å²) in [5.74, 6) is 0. The van der Waals surface area contributed by atoms with Crippen LogP contribution in [-0.4, -0.2) is 16.7 Å². The lowest BCUT2D eigenvalue weighted by Gasteiger charge is -2.09. The molecule has 4 heteroatoms. The number of pyridine rings is 1. The summed E-state index contributed by atoms with van der Waals surface area (Å²) in [6.45, 7) is 1.90. The highest BCUT2D eigenvalue weighted by Gasteiger charge is 2.08. The molecule has 3 N–H and O–H groups in total. The van der Waals surface area contributed by atoms with Crippen LogP contribution in [-0.2, 0) is 6.42 Å². The largest absolute Gasteiger partial charge is 0.328 e. The van der Waals surface area contributed by atoms with Gasteiger partial charge < -0.3 is 11.1 Å². The van der Waals surface area contributed by atoms with Gasteiger partial charge in [0.2, 0.25) is 0 Å². The smallest absolute Gasteiger partial charge is 0.133 e. The van der Waals surface area contributed by atoms with E-state index in [1.54, 1.807) is 0 Å². The molecular weight excluding hydrogens is 246 g/mol. The number of benzene rings is 1. The van der Waals surface area contributed by atoms with E-state index >= 15 is 0 Å². The summed E-state index contributed by atoms with van der Waals surface area (Å²) < 4.78 is 0. The third kappa shape index (κ3) is 3.06. The Hall–Kier alpha value is -1.45. The van der Waals surface area contributed by atoms with Gasteiger partial charge in [-0.1, -0.05) is 29.8 Å². The van der Waals surface area contributed by atoms with E-state index in [-0.39, 0.29) is 6.04 Å². The minimum absolute atomic E-state index is 0.00434. The molecule has 0 radical (unpaired) electrons. The van der Waals surface area contributed by atoms with Crippen molar-refractivity contribution in [1.29, 1.82) is 5.41 Å². The zero-order valence-electron chi connectivity index (χ0n) is 10.3. The van der Waals surface area contributed by atoms with Crippen LogP contribution >= 0.6 is 11.6 Å². The van der Waals surface area contributed by atoms with Gasteiger partial charge in [0, 0.05) is 30.0 Å². The molecule has 0 saturated carbocycles. The second-order valence-electron chi connectivity index (χ2n) is 4.59. The Balaban J connectivity index is 2.28. The van der Waals surface area contributed by atoms with Crippen LogP contribution in [0.4, 0.5) is 0 Å². The molecule has 0 fully saturated rings. The summed E-state index contributed by atoms with van der Waals surface area (Å²) >= 11 is 6.14. The molecule has 94 valence electrons. The molecule has 0 aliphatic heterocycles. The van der Waals surface area contributed by atoms with Gasteiger partial charge in [-0.05, 0) is 24.6 Å². The molecule has 2 aromatic rings. The first kappa shape index (κ1) is 13.0. The Kier molecular flexibility index (Phi) is 3.94. The van der Waals surface area contributed by atoms with E-state index in [2.05, 4.69) is 4.98 Å². The van der Waals surface area contributed by atoms with Crippen LogP contribution in [0, 0.1) is 5.41 Å². The maximum absolute atomic E-state index is 7.89. The molecule has 3 nitrogen and oxygen atoms in total. The van der Waals surface area contributed by atoms with Crippen molar-refractivity contribution in [2.24, 2.45) is 5.73 Å². The van der Waals surface area contributed by atoms with Gasteiger partial charge in [-0.2, -0.15) is 0 Å². The normalized spacial score (nSPS) is 12.6. The molecule has 0 bridgehead atoms. The molecular formula is C14H16ClN3. The van der Waals surface area contributed by atoms with Crippen molar-refractivity contribution in [2.75, 3.05) is 0 Å². The maximum Gasteiger partial charge on any atom is 0.133 e. The molecule has 0 saturated heterocycles. The van der Waals surface area contributed by atoms with E-state index in [0.717, 1.165) is 16.5 Å². The Labute approximate surface area is 111 Å². The van der Waals surface area contributed by atoms with Crippen molar-refractivity contribution in [3.05, 3.63) is 41.0 Å². The lowest BCUT2D eigenvalue weighted by Crippen LogP contribution is -2.20. The van der Waals surface area contributed by atoms with Crippen molar-refractivity contribution >= 4 is 28.2 Å². The van der Waals surface area contributed by atoms with E-state index in [1.807, 2.05) is 37.3 Å². The monoisotopic (exact) mass is 261 g/mol. The van der Waals surface area contributed by atoms with Crippen LogP contribution < -0.4 is 5.73 Å². The van der Waals surface area contributed by atoms with Gasteiger partial charge in [-0.25, -0.2) is 4.98 Å². The molecule has 18 heavy (non-hydrogen) atoms. The first-order chi connectivity index (χ1) is 8.56. The lowest BCUT2D eigenvalue weighted by molar-refractivity contribution is 0.769. The summed E-state index contributed by atoms with van der Waals surface area (Å²) in [6, 6.07) is 9.83. The number of nitrogens with zero attached hydrogens (tertiary/aromatic N) is 1. The maximum atomic E-state index is 7.89. The first-order valence-corrected chi connectivity index (χ1v) is 6.30. The van der Waals surface area contributed by atoms with E-state index in [0.29, 0.717) is 23.7 Å². The molecule has 0 amide bonds. The summed E-state index contributed by atoms with van der Waals surface area (Å²) in [5, 5.41) is 9.42. The minimum Gasteiger partial charge on any atom is -0.328 e. The Bertz CT molecular complexity index is 578. The van der Waals surface area contributed by atoms with Crippen LogP contribution in [0.2, 0.25) is 5.15 Å². The standard InChI is InChI=1S/C14H16ClN3/c1-9(16)6-12(17)8-11-7-10-4-2-3-5-13(10)18-14(11)15/h2-5,7,9,17H,6,8,16H2,1H3. The highest BCUT2D eigenvalue weighted by Crippen LogP contribution is 2.21. The van der Waals surface area contributed by atoms with Gasteiger partial charge >= 0.3 is 0 Å². The van der Waals surface area contributed by atoms with Gasteiger partial charge in [0.25, 0.3) is 0 Å². The zero-order valence-corrected chi connectivity index (χ0v) is 11.0. The van der Waals surface area contributed by atoms with Crippen molar-refractivity contribution in [1.82, 2.24) is 4.98 Å². The van der Waals surface area contributed by atoms with Crippen LogP contribution in [0.25, 0.3) is 10.9 Å². The number of nitrogens with two attached hydrogens (primary N) is 1. The average Bonchev–Trinajstić information content (AvgIpc) is 2.29. The number of aromatic nitrogens is 1. The topological polar surface area (TPSA) is 62.8 Å². The van der Waals surface area contributed by atoms with E-state index < -0.39 is 0 Å².